The van der Waals surface area contributed by atoms with Crippen LogP contribution in [0.3, 0.4) is 0 Å². The van der Waals surface area contributed by atoms with Crippen molar-refractivity contribution in [3.8, 4) is 5.75 Å². The summed E-state index contributed by atoms with van der Waals surface area (Å²) in [6.07, 6.45) is 6.73. The highest BCUT2D eigenvalue weighted by molar-refractivity contribution is 5.84. The molecule has 30 heavy (non-hydrogen) atoms. The van der Waals surface area contributed by atoms with Gasteiger partial charge in [0.2, 0.25) is 0 Å². The number of imidazole rings is 1. The molecule has 0 aliphatic carbocycles. The summed E-state index contributed by atoms with van der Waals surface area (Å²) in [6, 6.07) is 12.9. The molecule has 1 N–H and O–H groups in total. The summed E-state index contributed by atoms with van der Waals surface area (Å²) in [5.74, 6) is -0.194. The average molecular weight is 410 g/mol. The second-order valence-electron chi connectivity index (χ2n) is 8.64. The predicted molar refractivity (Wildman–Crippen MR) is 119 cm³/mol. The van der Waals surface area contributed by atoms with Gasteiger partial charge in [-0.15, -0.1) is 0 Å². The number of fused-ring (bicyclic) bond motifs is 1. The van der Waals surface area contributed by atoms with Gasteiger partial charge in [0.05, 0.1) is 17.8 Å². The zero-order valence-corrected chi connectivity index (χ0v) is 18.4. The largest absolute Gasteiger partial charge is 0.492 e. The minimum absolute atomic E-state index is 0.121. The minimum atomic E-state index is -0.932. The SMILES string of the molecule is CCC(C(c1ccc2cc(OCC(C)(C)C(=O)O)ccc2c1)n1ccnc1)N(C)C. The molecule has 2 unspecified atom stereocenters. The third-order valence-electron chi connectivity index (χ3n) is 5.65. The van der Waals surface area contributed by atoms with Crippen LogP contribution >= 0.6 is 0 Å². The molecule has 1 heterocycles. The molecule has 3 rings (SSSR count). The van der Waals surface area contributed by atoms with Crippen molar-refractivity contribution in [3.05, 3.63) is 60.7 Å². The van der Waals surface area contributed by atoms with Crippen LogP contribution in [0.15, 0.2) is 55.1 Å². The Kier molecular flexibility index (Phi) is 6.46. The molecule has 6 nitrogen and oxygen atoms in total. The second kappa shape index (κ2) is 8.88. The number of ether oxygens (including phenoxy) is 1. The lowest BCUT2D eigenvalue weighted by Gasteiger charge is -2.33. The normalized spacial score (nSPS) is 14.1. The van der Waals surface area contributed by atoms with E-state index in [2.05, 4.69) is 53.7 Å². The lowest BCUT2D eigenvalue weighted by atomic mass is 9.94. The quantitative estimate of drug-likeness (QED) is 0.565. The fourth-order valence-electron chi connectivity index (χ4n) is 3.74. The third-order valence-corrected chi connectivity index (χ3v) is 5.65. The monoisotopic (exact) mass is 409 g/mol. The first-order valence-electron chi connectivity index (χ1n) is 10.3. The number of carboxylic acid groups (broad SMARTS) is 1. The number of aromatic nitrogens is 2. The molecule has 0 amide bonds. The van der Waals surface area contributed by atoms with Crippen molar-refractivity contribution in [2.24, 2.45) is 5.41 Å². The van der Waals surface area contributed by atoms with E-state index in [0.29, 0.717) is 11.8 Å². The fraction of sp³-hybridized carbons (Fsp3) is 0.417. The highest BCUT2D eigenvalue weighted by Gasteiger charge is 2.28. The van der Waals surface area contributed by atoms with Crippen molar-refractivity contribution in [2.75, 3.05) is 20.7 Å². The molecule has 0 fully saturated rings. The molecule has 1 aromatic heterocycles. The van der Waals surface area contributed by atoms with Gasteiger partial charge in [-0.2, -0.15) is 0 Å². The lowest BCUT2D eigenvalue weighted by Crippen LogP contribution is -2.36. The van der Waals surface area contributed by atoms with Crippen LogP contribution in [-0.4, -0.2) is 52.3 Å². The van der Waals surface area contributed by atoms with E-state index in [1.54, 1.807) is 13.8 Å². The van der Waals surface area contributed by atoms with Crippen LogP contribution in [0, 0.1) is 5.41 Å². The molecular formula is C24H31N3O3. The number of rotatable bonds is 9. The van der Waals surface area contributed by atoms with Crippen LogP contribution in [0.2, 0.25) is 0 Å². The third kappa shape index (κ3) is 4.65. The number of benzene rings is 2. The van der Waals surface area contributed by atoms with E-state index < -0.39 is 11.4 Å². The minimum Gasteiger partial charge on any atom is -0.492 e. The molecule has 160 valence electrons. The number of carboxylic acids is 1. The van der Waals surface area contributed by atoms with Gasteiger partial charge in [0.1, 0.15) is 12.4 Å². The van der Waals surface area contributed by atoms with Crippen molar-refractivity contribution in [3.63, 3.8) is 0 Å². The van der Waals surface area contributed by atoms with Gasteiger partial charge in [0.25, 0.3) is 0 Å². The van der Waals surface area contributed by atoms with Crippen molar-refractivity contribution < 1.29 is 14.6 Å². The Balaban J connectivity index is 1.91. The van der Waals surface area contributed by atoms with E-state index in [4.69, 9.17) is 4.74 Å². The van der Waals surface area contributed by atoms with E-state index in [1.807, 2.05) is 36.9 Å². The molecule has 2 atom stereocenters. The Morgan fingerprint density at radius 1 is 1.20 bits per heavy atom. The maximum absolute atomic E-state index is 11.3. The number of hydrogen-bond donors (Lipinski definition) is 1. The van der Waals surface area contributed by atoms with Crippen molar-refractivity contribution in [1.82, 2.24) is 14.5 Å². The van der Waals surface area contributed by atoms with Gasteiger partial charge in [-0.25, -0.2) is 4.98 Å². The fourth-order valence-corrected chi connectivity index (χ4v) is 3.74. The number of likely N-dealkylation sites (N-methyl/N-ethyl adjacent to an activating group) is 1. The molecule has 0 spiro atoms. The van der Waals surface area contributed by atoms with Gasteiger partial charge in [-0.3, -0.25) is 4.79 Å². The summed E-state index contributed by atoms with van der Waals surface area (Å²) in [4.78, 5) is 17.8. The van der Waals surface area contributed by atoms with E-state index >= 15 is 0 Å². The molecule has 0 saturated heterocycles. The summed E-state index contributed by atoms with van der Waals surface area (Å²) < 4.78 is 7.93. The molecular weight excluding hydrogens is 378 g/mol. The zero-order chi connectivity index (χ0) is 21.9. The van der Waals surface area contributed by atoms with Crippen LogP contribution in [0.1, 0.15) is 38.8 Å². The van der Waals surface area contributed by atoms with E-state index in [-0.39, 0.29) is 12.6 Å². The summed E-state index contributed by atoms with van der Waals surface area (Å²) in [6.45, 7) is 5.65. The molecule has 0 aliphatic heterocycles. The summed E-state index contributed by atoms with van der Waals surface area (Å²) in [5.41, 5.74) is 0.291. The molecule has 2 aromatic carbocycles. The highest BCUT2D eigenvalue weighted by atomic mass is 16.5. The second-order valence-corrected chi connectivity index (χ2v) is 8.64. The van der Waals surface area contributed by atoms with Crippen molar-refractivity contribution in [1.29, 1.82) is 0 Å². The Morgan fingerprint density at radius 2 is 1.90 bits per heavy atom. The summed E-state index contributed by atoms with van der Waals surface area (Å²) in [7, 11) is 4.22. The Hall–Kier alpha value is -2.86. The smallest absolute Gasteiger partial charge is 0.312 e. The zero-order valence-electron chi connectivity index (χ0n) is 18.4. The molecule has 0 bridgehead atoms. The first-order chi connectivity index (χ1) is 14.2. The summed E-state index contributed by atoms with van der Waals surface area (Å²) in [5, 5.41) is 11.4. The van der Waals surface area contributed by atoms with Crippen LogP contribution < -0.4 is 4.74 Å². The molecule has 3 aromatic rings. The van der Waals surface area contributed by atoms with Gasteiger partial charge in [0, 0.05) is 18.4 Å². The van der Waals surface area contributed by atoms with Gasteiger partial charge in [0.15, 0.2) is 0 Å². The maximum Gasteiger partial charge on any atom is 0.312 e. The van der Waals surface area contributed by atoms with Crippen LogP contribution in [0.4, 0.5) is 0 Å². The Bertz CT molecular complexity index is 996. The Morgan fingerprint density at radius 3 is 2.50 bits per heavy atom. The highest BCUT2D eigenvalue weighted by Crippen LogP contribution is 2.31. The number of nitrogens with zero attached hydrogens (tertiary/aromatic N) is 3. The van der Waals surface area contributed by atoms with E-state index in [1.165, 1.54) is 5.56 Å². The van der Waals surface area contributed by atoms with Gasteiger partial charge >= 0.3 is 5.97 Å². The first kappa shape index (κ1) is 21.8. The molecule has 6 heteroatoms. The first-order valence-corrected chi connectivity index (χ1v) is 10.3. The molecule has 0 radical (unpaired) electrons. The van der Waals surface area contributed by atoms with Crippen molar-refractivity contribution >= 4 is 16.7 Å². The van der Waals surface area contributed by atoms with Crippen molar-refractivity contribution in [2.45, 2.75) is 39.3 Å². The van der Waals surface area contributed by atoms with Crippen LogP contribution in [-0.2, 0) is 4.79 Å². The van der Waals surface area contributed by atoms with Crippen LogP contribution in [0.25, 0.3) is 10.8 Å². The standard InChI is InChI=1S/C24H31N3O3/c1-6-21(26(4)5)22(27-12-11-25-16-27)19-8-7-18-14-20(10-9-17(18)13-19)30-15-24(2,3)23(28)29/h7-14,16,21-22H,6,15H2,1-5H3,(H,28,29). The topological polar surface area (TPSA) is 67.6 Å². The predicted octanol–water partition coefficient (Wildman–Crippen LogP) is 4.46. The molecule has 0 saturated carbocycles. The lowest BCUT2D eigenvalue weighted by molar-refractivity contribution is -0.148. The number of carbonyl (C=O) groups is 1. The van der Waals surface area contributed by atoms with Gasteiger partial charge < -0.3 is 19.3 Å². The van der Waals surface area contributed by atoms with E-state index in [0.717, 1.165) is 17.2 Å². The van der Waals surface area contributed by atoms with Gasteiger partial charge in [-0.1, -0.05) is 25.1 Å². The maximum atomic E-state index is 11.3. The van der Waals surface area contributed by atoms with Crippen LogP contribution in [0.5, 0.6) is 5.75 Å². The molecule has 0 aliphatic rings. The summed E-state index contributed by atoms with van der Waals surface area (Å²) >= 11 is 0. The number of hydrogen-bond acceptors (Lipinski definition) is 4. The average Bonchev–Trinajstić information content (AvgIpc) is 3.23. The van der Waals surface area contributed by atoms with Gasteiger partial charge in [-0.05, 0) is 68.9 Å². The Labute approximate surface area is 178 Å². The number of aliphatic carboxylic acids is 1. The van der Waals surface area contributed by atoms with E-state index in [9.17, 15) is 9.90 Å².